The van der Waals surface area contributed by atoms with Crippen LogP contribution in [0.15, 0.2) is 4.79 Å². The third-order valence-corrected chi connectivity index (χ3v) is 5.89. The van der Waals surface area contributed by atoms with Crippen LogP contribution in [0.2, 0.25) is 0 Å². The molecule has 0 bridgehead atoms. The summed E-state index contributed by atoms with van der Waals surface area (Å²) in [5, 5.41) is 4.44. The Kier molecular flexibility index (Phi) is 5.68. The number of piperidine rings is 1. The van der Waals surface area contributed by atoms with Crippen LogP contribution in [0.4, 0.5) is 0 Å². The van der Waals surface area contributed by atoms with Gasteiger partial charge in [0.25, 0.3) is 0 Å². The van der Waals surface area contributed by atoms with Crippen LogP contribution in [0, 0.1) is 11.8 Å². The molecule has 1 aromatic rings. The first-order valence-electron chi connectivity index (χ1n) is 9.87. The number of rotatable bonds is 5. The number of ether oxygens (including phenoxy) is 1. The summed E-state index contributed by atoms with van der Waals surface area (Å²) >= 11 is 0. The molecule has 1 atom stereocenters. The molecule has 6 nitrogen and oxygen atoms in total. The molecule has 0 aliphatic carbocycles. The average molecular weight is 351 g/mol. The molecule has 0 aromatic carbocycles. The summed E-state index contributed by atoms with van der Waals surface area (Å²) in [5.41, 5.74) is 0.0568. The van der Waals surface area contributed by atoms with Gasteiger partial charge in [0.05, 0.1) is 5.60 Å². The van der Waals surface area contributed by atoms with Gasteiger partial charge >= 0.3 is 5.69 Å². The van der Waals surface area contributed by atoms with E-state index in [9.17, 15) is 4.79 Å². The van der Waals surface area contributed by atoms with Crippen LogP contribution in [0.3, 0.4) is 0 Å². The normalized spacial score (nSPS) is 25.4. The SMILES string of the molecule is CCn1c(CC2CCN(C[C@@H]3CCOC(C)(C)C3)CC2)nn(C)c1=O. The summed E-state index contributed by atoms with van der Waals surface area (Å²) in [5.74, 6) is 2.37. The van der Waals surface area contributed by atoms with E-state index in [1.807, 2.05) is 11.5 Å². The maximum Gasteiger partial charge on any atom is 0.345 e. The van der Waals surface area contributed by atoms with Crippen molar-refractivity contribution in [3.63, 3.8) is 0 Å². The number of likely N-dealkylation sites (tertiary alicyclic amines) is 1. The number of nitrogens with zero attached hydrogens (tertiary/aromatic N) is 4. The first-order valence-corrected chi connectivity index (χ1v) is 9.87. The van der Waals surface area contributed by atoms with Crippen molar-refractivity contribution in [2.75, 3.05) is 26.2 Å². The predicted molar refractivity (Wildman–Crippen MR) is 98.8 cm³/mol. The maximum atomic E-state index is 12.0. The number of aryl methyl sites for hydroxylation is 1. The highest BCUT2D eigenvalue weighted by Crippen LogP contribution is 2.30. The average Bonchev–Trinajstić information content (AvgIpc) is 2.82. The van der Waals surface area contributed by atoms with Gasteiger partial charge in [0.1, 0.15) is 5.82 Å². The fourth-order valence-electron chi connectivity index (χ4n) is 4.53. The molecule has 2 saturated heterocycles. The molecular weight excluding hydrogens is 316 g/mol. The van der Waals surface area contributed by atoms with E-state index in [1.54, 1.807) is 7.05 Å². The molecule has 0 unspecified atom stereocenters. The minimum Gasteiger partial charge on any atom is -0.376 e. The molecule has 2 aliphatic rings. The van der Waals surface area contributed by atoms with Crippen LogP contribution >= 0.6 is 0 Å². The molecule has 0 amide bonds. The Bertz CT molecular complexity index is 626. The van der Waals surface area contributed by atoms with Crippen LogP contribution in [0.1, 0.15) is 52.3 Å². The summed E-state index contributed by atoms with van der Waals surface area (Å²) in [6, 6.07) is 0. The standard InChI is InChI=1S/C19H34N4O2/c1-5-23-17(20-21(4)18(23)24)12-15-6-9-22(10-7-15)14-16-8-11-25-19(2,3)13-16/h15-16H,5-14H2,1-4H3/t16-/m1/s1. The smallest absolute Gasteiger partial charge is 0.345 e. The molecule has 0 saturated carbocycles. The zero-order valence-corrected chi connectivity index (χ0v) is 16.3. The number of aromatic nitrogens is 3. The molecule has 6 heteroatoms. The topological polar surface area (TPSA) is 52.3 Å². The van der Waals surface area contributed by atoms with E-state index < -0.39 is 0 Å². The number of hydrogen-bond acceptors (Lipinski definition) is 4. The molecule has 3 rings (SSSR count). The summed E-state index contributed by atoms with van der Waals surface area (Å²) in [7, 11) is 1.75. The van der Waals surface area contributed by atoms with Gasteiger partial charge in [0.2, 0.25) is 0 Å². The highest BCUT2D eigenvalue weighted by Gasteiger charge is 2.31. The van der Waals surface area contributed by atoms with Gasteiger partial charge in [-0.25, -0.2) is 9.48 Å². The minimum absolute atomic E-state index is 0.0112. The lowest BCUT2D eigenvalue weighted by molar-refractivity contribution is -0.0777. The first kappa shape index (κ1) is 18.6. The van der Waals surface area contributed by atoms with Gasteiger partial charge in [-0.1, -0.05) is 0 Å². The van der Waals surface area contributed by atoms with Gasteiger partial charge in [0.15, 0.2) is 0 Å². The van der Waals surface area contributed by atoms with Gasteiger partial charge in [0, 0.05) is 33.2 Å². The molecule has 25 heavy (non-hydrogen) atoms. The largest absolute Gasteiger partial charge is 0.376 e. The third kappa shape index (κ3) is 4.53. The second kappa shape index (κ2) is 7.62. The molecule has 0 N–H and O–H groups in total. The Morgan fingerprint density at radius 3 is 2.56 bits per heavy atom. The lowest BCUT2D eigenvalue weighted by Gasteiger charge is -2.39. The van der Waals surface area contributed by atoms with Crippen LogP contribution < -0.4 is 5.69 Å². The van der Waals surface area contributed by atoms with E-state index in [-0.39, 0.29) is 11.3 Å². The summed E-state index contributed by atoms with van der Waals surface area (Å²) in [6.45, 7) is 11.6. The second-order valence-corrected chi connectivity index (χ2v) is 8.48. The quantitative estimate of drug-likeness (QED) is 0.816. The summed E-state index contributed by atoms with van der Waals surface area (Å²) < 4.78 is 9.14. The molecule has 2 aliphatic heterocycles. The Morgan fingerprint density at radius 2 is 1.92 bits per heavy atom. The Labute approximate surface area is 151 Å². The molecule has 0 radical (unpaired) electrons. The Morgan fingerprint density at radius 1 is 1.20 bits per heavy atom. The lowest BCUT2D eigenvalue weighted by atomic mass is 9.87. The molecule has 2 fully saturated rings. The second-order valence-electron chi connectivity index (χ2n) is 8.48. The van der Waals surface area contributed by atoms with E-state index in [1.165, 1.54) is 50.0 Å². The molecule has 3 heterocycles. The first-order chi connectivity index (χ1) is 11.9. The van der Waals surface area contributed by atoms with Crippen molar-refractivity contribution >= 4 is 0 Å². The van der Waals surface area contributed by atoms with E-state index in [0.29, 0.717) is 12.5 Å². The Hall–Kier alpha value is -1.14. The van der Waals surface area contributed by atoms with Crippen molar-refractivity contribution in [3.8, 4) is 0 Å². The summed E-state index contributed by atoms with van der Waals surface area (Å²) in [4.78, 5) is 14.7. The Balaban J connectivity index is 1.49. The molecule has 142 valence electrons. The monoisotopic (exact) mass is 350 g/mol. The zero-order valence-electron chi connectivity index (χ0n) is 16.3. The van der Waals surface area contributed by atoms with Crippen molar-refractivity contribution in [1.29, 1.82) is 0 Å². The van der Waals surface area contributed by atoms with Gasteiger partial charge < -0.3 is 9.64 Å². The molecular formula is C19H34N4O2. The van der Waals surface area contributed by atoms with Crippen molar-refractivity contribution < 1.29 is 4.74 Å². The maximum absolute atomic E-state index is 12.0. The molecule has 1 aromatic heterocycles. The minimum atomic E-state index is 0.0112. The van der Waals surface area contributed by atoms with E-state index >= 15 is 0 Å². The van der Waals surface area contributed by atoms with Crippen molar-refractivity contribution in [2.45, 2.75) is 65.0 Å². The fraction of sp³-hybridized carbons (Fsp3) is 0.895. The lowest BCUT2D eigenvalue weighted by Crippen LogP contribution is -2.42. The van der Waals surface area contributed by atoms with Crippen LogP contribution in [0.25, 0.3) is 0 Å². The van der Waals surface area contributed by atoms with E-state index in [4.69, 9.17) is 4.74 Å². The van der Waals surface area contributed by atoms with Gasteiger partial charge in [-0.15, -0.1) is 0 Å². The highest BCUT2D eigenvalue weighted by molar-refractivity contribution is 4.91. The van der Waals surface area contributed by atoms with Crippen LogP contribution in [-0.2, 0) is 24.8 Å². The third-order valence-electron chi connectivity index (χ3n) is 5.89. The van der Waals surface area contributed by atoms with E-state index in [2.05, 4.69) is 23.8 Å². The van der Waals surface area contributed by atoms with Crippen molar-refractivity contribution in [2.24, 2.45) is 18.9 Å². The highest BCUT2D eigenvalue weighted by atomic mass is 16.5. The van der Waals surface area contributed by atoms with Gasteiger partial charge in [-0.05, 0) is 71.4 Å². The van der Waals surface area contributed by atoms with E-state index in [0.717, 1.165) is 24.8 Å². The van der Waals surface area contributed by atoms with Crippen LogP contribution in [0.5, 0.6) is 0 Å². The zero-order chi connectivity index (χ0) is 18.0. The fourth-order valence-corrected chi connectivity index (χ4v) is 4.53. The van der Waals surface area contributed by atoms with Gasteiger partial charge in [-0.3, -0.25) is 4.57 Å². The van der Waals surface area contributed by atoms with Crippen LogP contribution in [-0.4, -0.2) is 51.1 Å². The number of hydrogen-bond donors (Lipinski definition) is 0. The van der Waals surface area contributed by atoms with Gasteiger partial charge in [-0.2, -0.15) is 5.10 Å². The predicted octanol–water partition coefficient (Wildman–Crippen LogP) is 2.06. The van der Waals surface area contributed by atoms with Crippen molar-refractivity contribution in [3.05, 3.63) is 16.3 Å². The molecule has 0 spiro atoms. The van der Waals surface area contributed by atoms with Crippen molar-refractivity contribution in [1.82, 2.24) is 19.2 Å². The summed E-state index contributed by atoms with van der Waals surface area (Å²) in [6.07, 6.45) is 5.72.